The van der Waals surface area contributed by atoms with Crippen molar-refractivity contribution in [3.63, 3.8) is 0 Å². The Bertz CT molecular complexity index is 1480. The first-order chi connectivity index (χ1) is 18.5. The van der Waals surface area contributed by atoms with Crippen molar-refractivity contribution in [3.8, 4) is 11.5 Å². The van der Waals surface area contributed by atoms with Gasteiger partial charge < -0.3 is 20.1 Å². The van der Waals surface area contributed by atoms with Crippen LogP contribution in [0.2, 0.25) is 0 Å². The zero-order chi connectivity index (χ0) is 28.6. The van der Waals surface area contributed by atoms with Crippen LogP contribution in [0, 0.1) is 10.1 Å². The maximum atomic E-state index is 12.9. The van der Waals surface area contributed by atoms with Crippen LogP contribution in [0.4, 0.5) is 17.1 Å². The zero-order valence-corrected chi connectivity index (χ0v) is 22.4. The molecule has 13 heteroatoms. The van der Waals surface area contributed by atoms with Gasteiger partial charge in [0.15, 0.2) is 11.5 Å². The number of nitro groups is 1. The number of carbonyl (C=O) groups is 2. The van der Waals surface area contributed by atoms with Crippen LogP contribution >= 0.6 is 0 Å². The number of ether oxygens (including phenoxy) is 2. The summed E-state index contributed by atoms with van der Waals surface area (Å²) in [5.74, 6) is -0.0138. The van der Waals surface area contributed by atoms with E-state index in [2.05, 4.69) is 10.6 Å². The van der Waals surface area contributed by atoms with E-state index in [0.717, 1.165) is 22.2 Å². The number of methoxy groups -OCH3 is 2. The highest BCUT2D eigenvalue weighted by molar-refractivity contribution is 7.92. The molecule has 0 aliphatic heterocycles. The summed E-state index contributed by atoms with van der Waals surface area (Å²) in [7, 11) is -0.891. The lowest BCUT2D eigenvalue weighted by Gasteiger charge is -2.22. The molecule has 3 aromatic rings. The zero-order valence-electron chi connectivity index (χ0n) is 21.5. The van der Waals surface area contributed by atoms with Gasteiger partial charge >= 0.3 is 0 Å². The Morgan fingerprint density at radius 3 is 2.36 bits per heavy atom. The number of hydrogen-bond donors (Lipinski definition) is 2. The molecule has 0 radical (unpaired) electrons. The lowest BCUT2D eigenvalue weighted by Crippen LogP contribution is -2.37. The second kappa shape index (κ2) is 12.7. The maximum Gasteiger partial charge on any atom is 0.271 e. The number of benzene rings is 3. The van der Waals surface area contributed by atoms with Gasteiger partial charge in [0.05, 0.1) is 42.3 Å². The number of nitrogens with one attached hydrogen (secondary N) is 2. The number of sulfonamides is 1. The van der Waals surface area contributed by atoms with E-state index in [4.69, 9.17) is 9.47 Å². The third kappa shape index (κ3) is 7.68. The number of nitro benzene ring substituents is 1. The predicted molar refractivity (Wildman–Crippen MR) is 146 cm³/mol. The second-order valence-electron chi connectivity index (χ2n) is 8.34. The molecule has 0 saturated carbocycles. The fourth-order valence-electron chi connectivity index (χ4n) is 3.72. The summed E-state index contributed by atoms with van der Waals surface area (Å²) in [6.45, 7) is -0.361. The summed E-state index contributed by atoms with van der Waals surface area (Å²) in [6, 6.07) is 16.7. The monoisotopic (exact) mass is 556 g/mol. The fourth-order valence-corrected chi connectivity index (χ4v) is 4.57. The van der Waals surface area contributed by atoms with Crippen molar-refractivity contribution >= 4 is 38.9 Å². The van der Waals surface area contributed by atoms with E-state index in [1.165, 1.54) is 37.4 Å². The summed E-state index contributed by atoms with van der Waals surface area (Å²) < 4.78 is 36.0. The molecule has 0 spiro atoms. The van der Waals surface area contributed by atoms with Crippen LogP contribution in [0.1, 0.15) is 15.9 Å². The number of nitrogens with zero attached hydrogens (tertiary/aromatic N) is 2. The SMILES string of the molecule is COc1ccc(CCNC(=O)c2ccccc2NC(=O)CN(c2cccc([N+](=O)[O-])c2)S(C)(=O)=O)cc1OC. The minimum atomic E-state index is -3.97. The van der Waals surface area contributed by atoms with Crippen molar-refractivity contribution < 1.29 is 32.4 Å². The molecular weight excluding hydrogens is 528 g/mol. The minimum Gasteiger partial charge on any atom is -0.493 e. The summed E-state index contributed by atoms with van der Waals surface area (Å²) in [6.07, 6.45) is 1.39. The van der Waals surface area contributed by atoms with Crippen LogP contribution in [0.25, 0.3) is 0 Å². The van der Waals surface area contributed by atoms with Crippen molar-refractivity contribution in [2.75, 3.05) is 43.2 Å². The summed E-state index contributed by atoms with van der Waals surface area (Å²) in [5, 5.41) is 16.5. The van der Waals surface area contributed by atoms with Gasteiger partial charge in [0.25, 0.3) is 11.6 Å². The normalized spacial score (nSPS) is 10.8. The van der Waals surface area contributed by atoms with Gasteiger partial charge in [0.2, 0.25) is 15.9 Å². The molecule has 0 atom stereocenters. The summed E-state index contributed by atoms with van der Waals surface area (Å²) in [5.41, 5.74) is 0.911. The molecular formula is C26H28N4O8S. The standard InChI is InChI=1S/C26H28N4O8S/c1-37-23-12-11-18(15-24(23)38-2)13-14-27-26(32)21-9-4-5-10-22(21)28-25(31)17-29(39(3,35)36)19-7-6-8-20(16-19)30(33)34/h4-12,15-16H,13-14,17H2,1-3H3,(H,27,32)(H,28,31). The Morgan fingerprint density at radius 1 is 0.974 bits per heavy atom. The number of carbonyl (C=O) groups excluding carboxylic acids is 2. The third-order valence-electron chi connectivity index (χ3n) is 5.61. The summed E-state index contributed by atoms with van der Waals surface area (Å²) >= 11 is 0. The van der Waals surface area contributed by atoms with E-state index in [0.29, 0.717) is 24.5 Å². The quantitative estimate of drug-likeness (QED) is 0.255. The van der Waals surface area contributed by atoms with Crippen LogP contribution < -0.4 is 24.4 Å². The number of anilines is 2. The molecule has 206 valence electrons. The van der Waals surface area contributed by atoms with Gasteiger partial charge in [-0.25, -0.2) is 8.42 Å². The van der Waals surface area contributed by atoms with Crippen LogP contribution in [-0.4, -0.2) is 58.7 Å². The van der Waals surface area contributed by atoms with Crippen molar-refractivity contribution in [1.82, 2.24) is 5.32 Å². The lowest BCUT2D eigenvalue weighted by molar-refractivity contribution is -0.384. The van der Waals surface area contributed by atoms with Crippen molar-refractivity contribution in [2.45, 2.75) is 6.42 Å². The first-order valence-electron chi connectivity index (χ1n) is 11.6. The molecule has 3 rings (SSSR count). The number of non-ortho nitro benzene ring substituents is 1. The molecule has 39 heavy (non-hydrogen) atoms. The van der Waals surface area contributed by atoms with Crippen LogP contribution in [0.3, 0.4) is 0 Å². The highest BCUT2D eigenvalue weighted by Gasteiger charge is 2.23. The van der Waals surface area contributed by atoms with E-state index >= 15 is 0 Å². The molecule has 0 unspecified atom stereocenters. The number of amides is 2. The van der Waals surface area contributed by atoms with Gasteiger partial charge in [-0.05, 0) is 42.3 Å². The third-order valence-corrected chi connectivity index (χ3v) is 6.75. The van der Waals surface area contributed by atoms with Crippen molar-refractivity contribution in [2.24, 2.45) is 0 Å². The highest BCUT2D eigenvalue weighted by Crippen LogP contribution is 2.28. The smallest absolute Gasteiger partial charge is 0.271 e. The average Bonchev–Trinajstić information content (AvgIpc) is 2.91. The van der Waals surface area contributed by atoms with Gasteiger partial charge in [-0.1, -0.05) is 24.3 Å². The van der Waals surface area contributed by atoms with Gasteiger partial charge in [0, 0.05) is 18.7 Å². The molecule has 0 aliphatic carbocycles. The number of para-hydroxylation sites is 1. The molecule has 12 nitrogen and oxygen atoms in total. The molecule has 3 aromatic carbocycles. The van der Waals surface area contributed by atoms with E-state index in [-0.39, 0.29) is 22.6 Å². The largest absolute Gasteiger partial charge is 0.493 e. The molecule has 2 N–H and O–H groups in total. The van der Waals surface area contributed by atoms with Gasteiger partial charge in [-0.3, -0.25) is 24.0 Å². The Morgan fingerprint density at radius 2 is 1.69 bits per heavy atom. The van der Waals surface area contributed by atoms with Crippen LogP contribution in [0.15, 0.2) is 66.7 Å². The van der Waals surface area contributed by atoms with Crippen LogP contribution in [0.5, 0.6) is 11.5 Å². The van der Waals surface area contributed by atoms with E-state index in [9.17, 15) is 28.1 Å². The number of hydrogen-bond acceptors (Lipinski definition) is 8. The van der Waals surface area contributed by atoms with Gasteiger partial charge in [-0.2, -0.15) is 0 Å². The van der Waals surface area contributed by atoms with E-state index in [1.54, 1.807) is 25.3 Å². The second-order valence-corrected chi connectivity index (χ2v) is 10.2. The maximum absolute atomic E-state index is 12.9. The first kappa shape index (κ1) is 28.9. The Balaban J connectivity index is 1.69. The fraction of sp³-hybridized carbons (Fsp3) is 0.231. The molecule has 0 aromatic heterocycles. The van der Waals surface area contributed by atoms with Crippen LogP contribution in [-0.2, 0) is 21.2 Å². The Kier molecular flexibility index (Phi) is 9.44. The molecule has 0 bridgehead atoms. The van der Waals surface area contributed by atoms with Crippen molar-refractivity contribution in [3.05, 3.63) is 88.0 Å². The topological polar surface area (TPSA) is 157 Å². The summed E-state index contributed by atoms with van der Waals surface area (Å²) in [4.78, 5) is 36.2. The van der Waals surface area contributed by atoms with E-state index in [1.807, 2.05) is 12.1 Å². The van der Waals surface area contributed by atoms with Gasteiger partial charge in [-0.15, -0.1) is 0 Å². The Hall–Kier alpha value is -4.65. The highest BCUT2D eigenvalue weighted by atomic mass is 32.2. The minimum absolute atomic E-state index is 0.0389. The number of rotatable bonds is 12. The molecule has 0 fully saturated rings. The first-order valence-corrected chi connectivity index (χ1v) is 13.5. The molecule has 0 aliphatic rings. The van der Waals surface area contributed by atoms with Crippen molar-refractivity contribution in [1.29, 1.82) is 0 Å². The lowest BCUT2D eigenvalue weighted by atomic mass is 10.1. The van der Waals surface area contributed by atoms with Gasteiger partial charge in [0.1, 0.15) is 6.54 Å². The average molecular weight is 557 g/mol. The molecule has 2 amide bonds. The molecule has 0 saturated heterocycles. The Labute approximate surface area is 225 Å². The predicted octanol–water partition coefficient (Wildman–Crippen LogP) is 2.99. The van der Waals surface area contributed by atoms with E-state index < -0.39 is 33.3 Å². The molecule has 0 heterocycles.